The third-order valence-electron chi connectivity index (χ3n) is 2.34. The molecule has 0 fully saturated rings. The number of amidine groups is 1. The Labute approximate surface area is 92.4 Å². The van der Waals surface area contributed by atoms with E-state index in [0.29, 0.717) is 0 Å². The van der Waals surface area contributed by atoms with Crippen LogP contribution in [0.1, 0.15) is 40.5 Å². The standard InChI is InChI=1S/C11H23N3O/c1-5-6-7-15-10(4)14-9(3)8(2)11(12)13/h8,10H,5-7H2,1-4H3,(H3,12,13). The smallest absolute Gasteiger partial charge is 0.145 e. The van der Waals surface area contributed by atoms with E-state index in [1.807, 2.05) is 20.8 Å². The van der Waals surface area contributed by atoms with E-state index in [1.54, 1.807) is 0 Å². The molecule has 4 heteroatoms. The fraction of sp³-hybridized carbons (Fsp3) is 0.818. The average molecular weight is 213 g/mol. The lowest BCUT2D eigenvalue weighted by Gasteiger charge is -2.13. The molecule has 0 spiro atoms. The molecule has 0 aromatic rings. The molecule has 0 heterocycles. The maximum Gasteiger partial charge on any atom is 0.145 e. The van der Waals surface area contributed by atoms with Crippen LogP contribution in [0.15, 0.2) is 4.99 Å². The minimum Gasteiger partial charge on any atom is -0.387 e. The normalized spacial score (nSPS) is 16.1. The highest BCUT2D eigenvalue weighted by Gasteiger charge is 2.10. The summed E-state index contributed by atoms with van der Waals surface area (Å²) in [5.74, 6) is 0.0548. The van der Waals surface area contributed by atoms with E-state index < -0.39 is 0 Å². The summed E-state index contributed by atoms with van der Waals surface area (Å²) < 4.78 is 5.48. The fourth-order valence-electron chi connectivity index (χ4n) is 1.06. The van der Waals surface area contributed by atoms with E-state index in [-0.39, 0.29) is 18.0 Å². The summed E-state index contributed by atoms with van der Waals surface area (Å²) in [6.45, 7) is 8.53. The number of hydrogen-bond acceptors (Lipinski definition) is 3. The van der Waals surface area contributed by atoms with Crippen LogP contribution >= 0.6 is 0 Å². The number of unbranched alkanes of at least 4 members (excludes halogenated alkanes) is 1. The first-order valence-corrected chi connectivity index (χ1v) is 5.48. The van der Waals surface area contributed by atoms with E-state index in [2.05, 4.69) is 11.9 Å². The van der Waals surface area contributed by atoms with Gasteiger partial charge >= 0.3 is 0 Å². The SMILES string of the molecule is CCCCOC(C)N=C(C)C(C)C(=N)N. The first-order valence-electron chi connectivity index (χ1n) is 5.48. The second-order valence-electron chi connectivity index (χ2n) is 3.77. The van der Waals surface area contributed by atoms with Gasteiger partial charge in [0.2, 0.25) is 0 Å². The average Bonchev–Trinajstić information content (AvgIpc) is 2.16. The van der Waals surface area contributed by atoms with Gasteiger partial charge in [0.15, 0.2) is 0 Å². The lowest BCUT2D eigenvalue weighted by molar-refractivity contribution is 0.0701. The number of rotatable bonds is 7. The van der Waals surface area contributed by atoms with Crippen LogP contribution in [0.4, 0.5) is 0 Å². The van der Waals surface area contributed by atoms with Crippen molar-refractivity contribution < 1.29 is 4.74 Å². The van der Waals surface area contributed by atoms with Gasteiger partial charge in [0.05, 0.1) is 11.8 Å². The highest BCUT2D eigenvalue weighted by molar-refractivity contribution is 6.03. The zero-order valence-corrected chi connectivity index (χ0v) is 10.2. The Kier molecular flexibility index (Phi) is 6.96. The van der Waals surface area contributed by atoms with Gasteiger partial charge < -0.3 is 10.5 Å². The summed E-state index contributed by atoms with van der Waals surface area (Å²) in [6, 6.07) is 0. The van der Waals surface area contributed by atoms with Crippen LogP contribution in [0, 0.1) is 11.3 Å². The van der Waals surface area contributed by atoms with E-state index >= 15 is 0 Å². The molecule has 0 amide bonds. The zero-order chi connectivity index (χ0) is 11.8. The van der Waals surface area contributed by atoms with Gasteiger partial charge in [-0.05, 0) is 20.3 Å². The van der Waals surface area contributed by atoms with Crippen molar-refractivity contribution in [2.45, 2.75) is 46.8 Å². The summed E-state index contributed by atoms with van der Waals surface area (Å²) in [4.78, 5) is 4.34. The monoisotopic (exact) mass is 213 g/mol. The van der Waals surface area contributed by atoms with Crippen LogP contribution in [0.2, 0.25) is 0 Å². The second-order valence-corrected chi connectivity index (χ2v) is 3.77. The molecule has 0 aliphatic rings. The predicted octanol–water partition coefficient (Wildman–Crippen LogP) is 2.18. The summed E-state index contributed by atoms with van der Waals surface area (Å²) in [7, 11) is 0. The van der Waals surface area contributed by atoms with Gasteiger partial charge in [-0.2, -0.15) is 0 Å². The Morgan fingerprint density at radius 2 is 2.07 bits per heavy atom. The first kappa shape index (κ1) is 14.1. The molecule has 3 N–H and O–H groups in total. The molecule has 2 atom stereocenters. The van der Waals surface area contributed by atoms with Crippen molar-refractivity contribution in [1.82, 2.24) is 0 Å². The maximum atomic E-state index is 7.30. The van der Waals surface area contributed by atoms with Crippen LogP contribution < -0.4 is 5.73 Å². The Morgan fingerprint density at radius 1 is 1.47 bits per heavy atom. The largest absolute Gasteiger partial charge is 0.387 e. The fourth-order valence-corrected chi connectivity index (χ4v) is 1.06. The minimum absolute atomic E-state index is 0.0952. The van der Waals surface area contributed by atoms with Crippen LogP contribution in [-0.2, 0) is 4.74 Å². The third kappa shape index (κ3) is 6.23. The number of nitrogens with zero attached hydrogens (tertiary/aromatic N) is 1. The molecule has 0 aromatic carbocycles. The highest BCUT2D eigenvalue weighted by Crippen LogP contribution is 2.03. The number of nitrogens with one attached hydrogen (secondary N) is 1. The van der Waals surface area contributed by atoms with E-state index in [1.165, 1.54) is 0 Å². The molecular weight excluding hydrogens is 190 g/mol. The molecule has 15 heavy (non-hydrogen) atoms. The Hall–Kier alpha value is -0.900. The molecule has 2 unspecified atom stereocenters. The Bertz CT molecular complexity index is 226. The molecule has 0 aliphatic heterocycles. The van der Waals surface area contributed by atoms with Crippen LogP contribution in [0.25, 0.3) is 0 Å². The second kappa shape index (κ2) is 7.40. The van der Waals surface area contributed by atoms with Crippen molar-refractivity contribution >= 4 is 11.5 Å². The zero-order valence-electron chi connectivity index (χ0n) is 10.2. The highest BCUT2D eigenvalue weighted by atomic mass is 16.5. The maximum absolute atomic E-state index is 7.30. The molecule has 0 bridgehead atoms. The summed E-state index contributed by atoms with van der Waals surface area (Å²) >= 11 is 0. The van der Waals surface area contributed by atoms with Gasteiger partial charge in [-0.1, -0.05) is 20.3 Å². The molecule has 0 aromatic heterocycles. The number of aliphatic imine (C=N–C) groups is 1. The Morgan fingerprint density at radius 3 is 2.53 bits per heavy atom. The van der Waals surface area contributed by atoms with Crippen molar-refractivity contribution in [2.24, 2.45) is 16.6 Å². The number of nitrogens with two attached hydrogens (primary N) is 1. The summed E-state index contributed by atoms with van der Waals surface area (Å²) in [5, 5.41) is 7.30. The van der Waals surface area contributed by atoms with Gasteiger partial charge in [-0.25, -0.2) is 0 Å². The molecule has 4 nitrogen and oxygen atoms in total. The van der Waals surface area contributed by atoms with Gasteiger partial charge in [-0.15, -0.1) is 0 Å². The topological polar surface area (TPSA) is 71.5 Å². The van der Waals surface area contributed by atoms with E-state index in [4.69, 9.17) is 15.9 Å². The third-order valence-corrected chi connectivity index (χ3v) is 2.34. The quantitative estimate of drug-likeness (QED) is 0.386. The lowest BCUT2D eigenvalue weighted by Crippen LogP contribution is -2.26. The van der Waals surface area contributed by atoms with E-state index in [0.717, 1.165) is 25.2 Å². The summed E-state index contributed by atoms with van der Waals surface area (Å²) in [5.41, 5.74) is 6.25. The molecule has 0 saturated carbocycles. The molecule has 0 aliphatic carbocycles. The summed E-state index contributed by atoms with van der Waals surface area (Å²) in [6.07, 6.45) is 2.04. The lowest BCUT2D eigenvalue weighted by atomic mass is 10.1. The van der Waals surface area contributed by atoms with Gasteiger partial charge in [0.1, 0.15) is 6.23 Å². The van der Waals surface area contributed by atoms with Crippen molar-refractivity contribution in [3.63, 3.8) is 0 Å². The van der Waals surface area contributed by atoms with Gasteiger partial charge in [-0.3, -0.25) is 10.4 Å². The minimum atomic E-state index is -0.140. The molecule has 88 valence electrons. The number of ether oxygens (including phenoxy) is 1. The molecule has 0 rings (SSSR count). The van der Waals surface area contributed by atoms with Crippen molar-refractivity contribution in [3.05, 3.63) is 0 Å². The first-order chi connectivity index (χ1) is 6.99. The molecular formula is C11H23N3O. The van der Waals surface area contributed by atoms with Crippen molar-refractivity contribution in [3.8, 4) is 0 Å². The number of hydrogen-bond donors (Lipinski definition) is 2. The van der Waals surface area contributed by atoms with Crippen LogP contribution in [0.5, 0.6) is 0 Å². The van der Waals surface area contributed by atoms with Crippen molar-refractivity contribution in [1.29, 1.82) is 5.41 Å². The molecule has 0 radical (unpaired) electrons. The van der Waals surface area contributed by atoms with Crippen LogP contribution in [-0.4, -0.2) is 24.4 Å². The van der Waals surface area contributed by atoms with Gasteiger partial charge in [0, 0.05) is 12.3 Å². The van der Waals surface area contributed by atoms with E-state index in [9.17, 15) is 0 Å². The molecule has 0 saturated heterocycles. The van der Waals surface area contributed by atoms with Crippen molar-refractivity contribution in [2.75, 3.05) is 6.61 Å². The Balaban J connectivity index is 4.05. The van der Waals surface area contributed by atoms with Crippen LogP contribution in [0.3, 0.4) is 0 Å². The predicted molar refractivity (Wildman–Crippen MR) is 64.5 cm³/mol. The van der Waals surface area contributed by atoms with Gasteiger partial charge in [0.25, 0.3) is 0 Å².